The topological polar surface area (TPSA) is 66.5 Å². The van der Waals surface area contributed by atoms with Crippen molar-refractivity contribution in [2.45, 2.75) is 16.2 Å². The summed E-state index contributed by atoms with van der Waals surface area (Å²) in [5, 5.41) is 3.35. The first kappa shape index (κ1) is 24.5. The predicted molar refractivity (Wildman–Crippen MR) is 132 cm³/mol. The molecule has 0 aliphatic rings. The summed E-state index contributed by atoms with van der Waals surface area (Å²) in [5.41, 5.74) is 0.223. The Hall–Kier alpha value is -2.19. The van der Waals surface area contributed by atoms with Gasteiger partial charge in [-0.25, -0.2) is 8.42 Å². The van der Waals surface area contributed by atoms with E-state index < -0.39 is 15.9 Å². The van der Waals surface area contributed by atoms with Crippen molar-refractivity contribution in [2.75, 3.05) is 23.1 Å². The fourth-order valence-corrected chi connectivity index (χ4v) is 5.73. The highest BCUT2D eigenvalue weighted by Crippen LogP contribution is 2.29. The second-order valence-electron chi connectivity index (χ2n) is 6.82. The van der Waals surface area contributed by atoms with Crippen molar-refractivity contribution in [1.82, 2.24) is 5.32 Å². The lowest BCUT2D eigenvalue weighted by molar-refractivity contribution is -0.119. The highest BCUT2D eigenvalue weighted by atomic mass is 35.5. The van der Waals surface area contributed by atoms with Gasteiger partial charge in [0.25, 0.3) is 10.0 Å². The van der Waals surface area contributed by atoms with Gasteiger partial charge in [-0.3, -0.25) is 9.10 Å². The van der Waals surface area contributed by atoms with E-state index in [1.165, 1.54) is 30.3 Å². The molecule has 0 unspecified atom stereocenters. The summed E-state index contributed by atoms with van der Waals surface area (Å²) in [7, 11) is -4.00. The van der Waals surface area contributed by atoms with E-state index in [2.05, 4.69) is 5.32 Å². The van der Waals surface area contributed by atoms with Gasteiger partial charge >= 0.3 is 0 Å². The lowest BCUT2D eigenvalue weighted by atomic mass is 10.3. The monoisotopic (exact) mass is 508 g/mol. The van der Waals surface area contributed by atoms with Crippen LogP contribution in [0.1, 0.15) is 6.42 Å². The zero-order valence-electron chi connectivity index (χ0n) is 17.1. The summed E-state index contributed by atoms with van der Waals surface area (Å²) in [4.78, 5) is 13.9. The minimum absolute atomic E-state index is 0.0724. The molecule has 0 bridgehead atoms. The van der Waals surface area contributed by atoms with E-state index in [1.54, 1.807) is 30.0 Å². The number of nitrogens with one attached hydrogen (secondary N) is 1. The lowest BCUT2D eigenvalue weighted by Gasteiger charge is -2.24. The van der Waals surface area contributed by atoms with E-state index in [1.807, 2.05) is 30.3 Å². The summed E-state index contributed by atoms with van der Waals surface area (Å²) in [6.45, 7) is 0.0495. The molecule has 3 aromatic rings. The maximum Gasteiger partial charge on any atom is 0.264 e. The van der Waals surface area contributed by atoms with Crippen LogP contribution in [0.3, 0.4) is 0 Å². The minimum atomic E-state index is -4.00. The van der Waals surface area contributed by atoms with Crippen LogP contribution in [0.25, 0.3) is 0 Å². The smallest absolute Gasteiger partial charge is 0.264 e. The molecular formula is C23H22Cl2N2O3S2. The quantitative estimate of drug-likeness (QED) is 0.290. The second-order valence-corrected chi connectivity index (χ2v) is 10.7. The number of halogens is 2. The van der Waals surface area contributed by atoms with Crippen LogP contribution in [0, 0.1) is 0 Å². The minimum Gasteiger partial charge on any atom is -0.354 e. The van der Waals surface area contributed by atoms with Crippen LogP contribution in [-0.4, -0.2) is 33.2 Å². The molecule has 0 atom stereocenters. The van der Waals surface area contributed by atoms with Crippen LogP contribution < -0.4 is 9.62 Å². The van der Waals surface area contributed by atoms with Crippen molar-refractivity contribution in [1.29, 1.82) is 0 Å². The highest BCUT2D eigenvalue weighted by molar-refractivity contribution is 7.99. The Kier molecular flexibility index (Phi) is 8.87. The van der Waals surface area contributed by atoms with E-state index in [0.29, 0.717) is 6.54 Å². The summed E-state index contributed by atoms with van der Waals surface area (Å²) in [6, 6.07) is 22.4. The number of nitrogens with zero attached hydrogens (tertiary/aromatic N) is 1. The van der Waals surface area contributed by atoms with Crippen LogP contribution in [0.5, 0.6) is 0 Å². The molecule has 0 saturated heterocycles. The first-order chi connectivity index (χ1) is 15.4. The number of hydrogen-bond donors (Lipinski definition) is 1. The maximum atomic E-state index is 13.3. The molecule has 168 valence electrons. The molecule has 3 aromatic carbocycles. The van der Waals surface area contributed by atoms with Gasteiger partial charge in [0, 0.05) is 21.5 Å². The number of amides is 1. The highest BCUT2D eigenvalue weighted by Gasteiger charge is 2.27. The molecule has 0 radical (unpaired) electrons. The van der Waals surface area contributed by atoms with E-state index >= 15 is 0 Å². The van der Waals surface area contributed by atoms with Crippen molar-refractivity contribution in [3.05, 3.63) is 88.9 Å². The molecule has 0 saturated carbocycles. The van der Waals surface area contributed by atoms with Gasteiger partial charge in [-0.2, -0.15) is 0 Å². The fourth-order valence-electron chi connectivity index (χ4n) is 2.91. The molecule has 3 rings (SSSR count). The van der Waals surface area contributed by atoms with Crippen LogP contribution >= 0.6 is 35.0 Å². The van der Waals surface area contributed by atoms with Gasteiger partial charge < -0.3 is 5.32 Å². The Morgan fingerprint density at radius 1 is 0.906 bits per heavy atom. The van der Waals surface area contributed by atoms with Gasteiger partial charge in [0.1, 0.15) is 6.54 Å². The first-order valence-electron chi connectivity index (χ1n) is 9.85. The Balaban J connectivity index is 1.68. The van der Waals surface area contributed by atoms with Gasteiger partial charge in [-0.05, 0) is 54.6 Å². The van der Waals surface area contributed by atoms with Crippen molar-refractivity contribution in [3.8, 4) is 0 Å². The summed E-state index contributed by atoms with van der Waals surface area (Å²) in [6.07, 6.45) is 0.750. The lowest BCUT2D eigenvalue weighted by Crippen LogP contribution is -2.41. The fraction of sp³-hybridized carbons (Fsp3) is 0.174. The molecule has 0 heterocycles. The van der Waals surface area contributed by atoms with Crippen LogP contribution in [0.2, 0.25) is 10.0 Å². The summed E-state index contributed by atoms with van der Waals surface area (Å²) >= 11 is 13.9. The molecule has 0 aromatic heterocycles. The van der Waals surface area contributed by atoms with Crippen LogP contribution in [0.4, 0.5) is 5.69 Å². The van der Waals surface area contributed by atoms with Gasteiger partial charge in [0.15, 0.2) is 0 Å². The number of anilines is 1. The van der Waals surface area contributed by atoms with Gasteiger partial charge in [-0.15, -0.1) is 11.8 Å². The molecular weight excluding hydrogens is 487 g/mol. The maximum absolute atomic E-state index is 13.3. The number of rotatable bonds is 10. The Morgan fingerprint density at radius 3 is 2.12 bits per heavy atom. The number of carbonyl (C=O) groups excluding carboxylic acids is 1. The molecule has 0 aliphatic heterocycles. The summed E-state index contributed by atoms with van der Waals surface area (Å²) < 4.78 is 27.6. The predicted octanol–water partition coefficient (Wildman–Crippen LogP) is 5.49. The van der Waals surface area contributed by atoms with Crippen LogP contribution in [-0.2, 0) is 14.8 Å². The number of hydrogen-bond acceptors (Lipinski definition) is 4. The summed E-state index contributed by atoms with van der Waals surface area (Å²) in [5.74, 6) is 0.422. The third-order valence-electron chi connectivity index (χ3n) is 4.41. The molecule has 32 heavy (non-hydrogen) atoms. The van der Waals surface area contributed by atoms with E-state index in [0.717, 1.165) is 21.4 Å². The Morgan fingerprint density at radius 2 is 1.50 bits per heavy atom. The van der Waals surface area contributed by atoms with Crippen molar-refractivity contribution >= 4 is 56.6 Å². The van der Waals surface area contributed by atoms with E-state index in [4.69, 9.17) is 23.2 Å². The molecule has 0 fully saturated rings. The van der Waals surface area contributed by atoms with E-state index in [-0.39, 0.29) is 27.2 Å². The van der Waals surface area contributed by atoms with Crippen molar-refractivity contribution < 1.29 is 13.2 Å². The number of benzene rings is 3. The second kappa shape index (κ2) is 11.6. The third kappa shape index (κ3) is 6.90. The average molecular weight is 509 g/mol. The Bertz CT molecular complexity index is 1120. The molecule has 0 aliphatic carbocycles. The van der Waals surface area contributed by atoms with Crippen molar-refractivity contribution in [3.63, 3.8) is 0 Å². The molecule has 5 nitrogen and oxygen atoms in total. The molecule has 0 spiro atoms. The molecule has 9 heteroatoms. The van der Waals surface area contributed by atoms with Gasteiger partial charge in [0.05, 0.1) is 10.6 Å². The number of thioether (sulfide) groups is 1. The van der Waals surface area contributed by atoms with Gasteiger partial charge in [-0.1, -0.05) is 59.6 Å². The van der Waals surface area contributed by atoms with E-state index in [9.17, 15) is 13.2 Å². The average Bonchev–Trinajstić information content (AvgIpc) is 2.78. The first-order valence-corrected chi connectivity index (χ1v) is 13.0. The normalized spacial score (nSPS) is 11.2. The number of sulfonamides is 1. The molecule has 1 N–H and O–H groups in total. The molecule has 1 amide bonds. The zero-order valence-corrected chi connectivity index (χ0v) is 20.2. The Labute approximate surface area is 202 Å². The zero-order chi connectivity index (χ0) is 23.0. The standard InChI is InChI=1S/C23H22Cl2N2O3S2/c24-18-14-19(25)16-20(15-18)27(32(29,30)22-10-5-2-6-11-22)17-23(28)26-12-7-13-31-21-8-3-1-4-9-21/h1-6,8-11,14-16H,7,12-13,17H2,(H,26,28). The largest absolute Gasteiger partial charge is 0.354 e. The third-order valence-corrected chi connectivity index (χ3v) is 7.73. The van der Waals surface area contributed by atoms with Gasteiger partial charge in [0.2, 0.25) is 5.91 Å². The van der Waals surface area contributed by atoms with Crippen LogP contribution in [0.15, 0.2) is 88.7 Å². The SMILES string of the molecule is O=C(CN(c1cc(Cl)cc(Cl)c1)S(=O)(=O)c1ccccc1)NCCCSc1ccccc1. The van der Waals surface area contributed by atoms with Crippen molar-refractivity contribution in [2.24, 2.45) is 0 Å². The number of carbonyl (C=O) groups is 1.